The van der Waals surface area contributed by atoms with Gasteiger partial charge in [0.15, 0.2) is 3.54 Å². The molecule has 15 heteroatoms. The number of likely N-dealkylation sites (tertiary alicyclic amines) is 1. The SMILES string of the molecule is COc1cc(-c2cn(C(S)(S)S)c(=O)c3cnc(C4CC4)cc23)cc(OC)c1CN1CC(Oc2ccc3c(c2)C(=O)N(C2CCC(=O)NC2=O)C3)C1. The maximum absolute atomic E-state index is 13.5. The van der Waals surface area contributed by atoms with Crippen LogP contribution in [0.15, 0.2) is 53.6 Å². The van der Waals surface area contributed by atoms with Gasteiger partial charge in [0.2, 0.25) is 11.8 Å². The number of fused-ring (bicyclic) bond motifs is 2. The highest BCUT2D eigenvalue weighted by Crippen LogP contribution is 2.43. The zero-order valence-corrected chi connectivity index (χ0v) is 31.2. The highest BCUT2D eigenvalue weighted by molar-refractivity contribution is 8.15. The van der Waals surface area contributed by atoms with Gasteiger partial charge in [-0.15, -0.1) is 37.9 Å². The van der Waals surface area contributed by atoms with Gasteiger partial charge < -0.3 is 19.1 Å². The molecule has 2 aromatic heterocycles. The molecule has 8 rings (SSSR count). The molecule has 3 fully saturated rings. The van der Waals surface area contributed by atoms with Crippen molar-refractivity contribution in [1.29, 1.82) is 0 Å². The topological polar surface area (TPSA) is 132 Å². The summed E-state index contributed by atoms with van der Waals surface area (Å²) in [4.78, 5) is 59.1. The van der Waals surface area contributed by atoms with Gasteiger partial charge in [0.25, 0.3) is 11.5 Å². The molecule has 52 heavy (non-hydrogen) atoms. The summed E-state index contributed by atoms with van der Waals surface area (Å²) in [5.41, 5.74) is 4.44. The van der Waals surface area contributed by atoms with Crippen LogP contribution in [0.4, 0.5) is 0 Å². The number of thiol groups is 3. The van der Waals surface area contributed by atoms with Crippen molar-refractivity contribution in [3.63, 3.8) is 0 Å². The molecule has 1 aliphatic carbocycles. The van der Waals surface area contributed by atoms with Gasteiger partial charge in [-0.25, -0.2) is 0 Å². The molecule has 0 bridgehead atoms. The number of amides is 3. The van der Waals surface area contributed by atoms with Crippen molar-refractivity contribution in [2.45, 2.75) is 60.4 Å². The fraction of sp³-hybridized carbons (Fsp3) is 0.378. The molecule has 3 aliphatic heterocycles. The zero-order chi connectivity index (χ0) is 36.5. The number of hydrogen-bond donors (Lipinski definition) is 4. The van der Waals surface area contributed by atoms with Crippen LogP contribution in [0.3, 0.4) is 0 Å². The minimum absolute atomic E-state index is 0.0947. The number of piperidine rings is 1. The number of hydrogen-bond acceptors (Lipinski definition) is 12. The minimum Gasteiger partial charge on any atom is -0.496 e. The van der Waals surface area contributed by atoms with Crippen LogP contribution in [0.25, 0.3) is 21.9 Å². The van der Waals surface area contributed by atoms with Crippen LogP contribution in [0.2, 0.25) is 0 Å². The number of nitrogens with one attached hydrogen (secondary N) is 1. The van der Waals surface area contributed by atoms with Crippen molar-refractivity contribution >= 4 is 66.4 Å². The summed E-state index contributed by atoms with van der Waals surface area (Å²) in [6.07, 6.45) is 5.94. The molecule has 12 nitrogen and oxygen atoms in total. The normalized spacial score (nSPS) is 19.4. The van der Waals surface area contributed by atoms with E-state index in [1.54, 1.807) is 32.7 Å². The van der Waals surface area contributed by atoms with Gasteiger partial charge in [-0.05, 0) is 66.1 Å². The van der Waals surface area contributed by atoms with Crippen molar-refractivity contribution in [3.8, 4) is 28.4 Å². The number of aromatic nitrogens is 2. The molecular weight excluding hydrogens is 723 g/mol. The Bertz CT molecular complexity index is 2190. The number of ether oxygens (including phenoxy) is 3. The van der Waals surface area contributed by atoms with Crippen molar-refractivity contribution in [2.75, 3.05) is 27.3 Å². The van der Waals surface area contributed by atoms with Gasteiger partial charge in [-0.3, -0.25) is 38.9 Å². The first-order chi connectivity index (χ1) is 24.9. The fourth-order valence-corrected chi connectivity index (χ4v) is 7.80. The molecule has 1 saturated carbocycles. The Morgan fingerprint density at radius 3 is 2.31 bits per heavy atom. The molecule has 0 radical (unpaired) electrons. The van der Waals surface area contributed by atoms with Crippen LogP contribution < -0.4 is 25.1 Å². The molecule has 4 aliphatic rings. The summed E-state index contributed by atoms with van der Waals surface area (Å²) >= 11 is 13.4. The van der Waals surface area contributed by atoms with E-state index in [-0.39, 0.29) is 29.9 Å². The van der Waals surface area contributed by atoms with E-state index in [9.17, 15) is 19.2 Å². The molecule has 1 atom stereocenters. The van der Waals surface area contributed by atoms with Crippen LogP contribution in [-0.4, -0.2) is 76.5 Å². The lowest BCUT2D eigenvalue weighted by atomic mass is 9.97. The van der Waals surface area contributed by atoms with E-state index < -0.39 is 15.5 Å². The molecule has 1 unspecified atom stereocenters. The summed E-state index contributed by atoms with van der Waals surface area (Å²) in [6, 6.07) is 10.7. The molecule has 5 heterocycles. The second kappa shape index (κ2) is 13.3. The van der Waals surface area contributed by atoms with Crippen LogP contribution >= 0.6 is 37.9 Å². The first kappa shape index (κ1) is 34.9. The van der Waals surface area contributed by atoms with Crippen molar-refractivity contribution < 1.29 is 28.6 Å². The Morgan fingerprint density at radius 1 is 0.923 bits per heavy atom. The van der Waals surface area contributed by atoms with Crippen LogP contribution in [-0.2, 0) is 26.2 Å². The molecule has 2 saturated heterocycles. The average Bonchev–Trinajstić information content (AvgIpc) is 3.90. The number of carbonyl (C=O) groups excluding carboxylic acids is 3. The lowest BCUT2D eigenvalue weighted by molar-refractivity contribution is -0.136. The first-order valence-corrected chi connectivity index (χ1v) is 18.4. The second-order valence-corrected chi connectivity index (χ2v) is 16.8. The third kappa shape index (κ3) is 6.41. The van der Waals surface area contributed by atoms with Gasteiger partial charge in [-0.2, -0.15) is 0 Å². The largest absolute Gasteiger partial charge is 0.496 e. The summed E-state index contributed by atoms with van der Waals surface area (Å²) < 4.78 is 18.1. The smallest absolute Gasteiger partial charge is 0.262 e. The van der Waals surface area contributed by atoms with Crippen LogP contribution in [0.1, 0.15) is 58.8 Å². The Hall–Kier alpha value is -4.18. The van der Waals surface area contributed by atoms with Crippen LogP contribution in [0.5, 0.6) is 17.2 Å². The predicted octanol–water partition coefficient (Wildman–Crippen LogP) is 4.34. The third-order valence-electron chi connectivity index (χ3n) is 10.3. The van der Waals surface area contributed by atoms with Crippen molar-refractivity contribution in [2.24, 2.45) is 0 Å². The zero-order valence-electron chi connectivity index (χ0n) is 28.5. The fourth-order valence-electron chi connectivity index (χ4n) is 7.35. The summed E-state index contributed by atoms with van der Waals surface area (Å²) in [6.45, 7) is 2.14. The number of methoxy groups -OCH3 is 2. The van der Waals surface area contributed by atoms with E-state index >= 15 is 0 Å². The number of carbonyl (C=O) groups is 3. The van der Waals surface area contributed by atoms with E-state index in [0.717, 1.165) is 46.2 Å². The molecule has 270 valence electrons. The van der Waals surface area contributed by atoms with Crippen molar-refractivity contribution in [1.82, 2.24) is 24.7 Å². The lowest BCUT2D eigenvalue weighted by Crippen LogP contribution is -2.53. The number of rotatable bonds is 10. The van der Waals surface area contributed by atoms with Gasteiger partial charge in [0.1, 0.15) is 29.4 Å². The van der Waals surface area contributed by atoms with Gasteiger partial charge in [-0.1, -0.05) is 6.07 Å². The monoisotopic (exact) mass is 759 g/mol. The predicted molar refractivity (Wildman–Crippen MR) is 204 cm³/mol. The standard InChI is InChI=1S/C37H37N5O7S3/c1-47-31-9-21(27-18-42(37(50,51)52)36(46)26-13-38-29(12-25(26)27)19-3-4-19)10-32(48-2)28(31)17-40-15-23(16-40)49-22-6-5-20-14-41(35(45)24(20)11-22)30-7-8-33(43)39-34(30)44/h5-6,9-13,18-19,23,30,50-52H,3-4,7-8,14-17H2,1-2H3,(H,39,43,44). The van der Waals surface area contributed by atoms with Crippen LogP contribution in [0, 0.1) is 0 Å². The molecule has 3 amide bonds. The molecular formula is C37H37N5O7S3. The number of imide groups is 1. The quantitative estimate of drug-likeness (QED) is 0.106. The lowest BCUT2D eigenvalue weighted by Gasteiger charge is -2.39. The molecule has 2 aromatic carbocycles. The first-order valence-electron chi connectivity index (χ1n) is 17.1. The van der Waals surface area contributed by atoms with E-state index in [1.165, 1.54) is 9.47 Å². The molecule has 1 N–H and O–H groups in total. The van der Waals surface area contributed by atoms with E-state index in [4.69, 9.17) is 14.2 Å². The van der Waals surface area contributed by atoms with Gasteiger partial charge in [0.05, 0.1) is 25.2 Å². The summed E-state index contributed by atoms with van der Waals surface area (Å²) in [5.74, 6) is 1.27. The summed E-state index contributed by atoms with van der Waals surface area (Å²) in [7, 11) is 3.24. The average molecular weight is 760 g/mol. The van der Waals surface area contributed by atoms with Crippen molar-refractivity contribution in [3.05, 3.63) is 81.5 Å². The Labute approximate surface area is 316 Å². The highest BCUT2D eigenvalue weighted by atomic mass is 32.2. The Balaban J connectivity index is 0.997. The summed E-state index contributed by atoms with van der Waals surface area (Å²) in [5, 5.41) is 3.55. The van der Waals surface area contributed by atoms with E-state index in [2.05, 4.69) is 53.1 Å². The number of benzene rings is 2. The van der Waals surface area contributed by atoms with Gasteiger partial charge >= 0.3 is 0 Å². The highest BCUT2D eigenvalue weighted by Gasteiger charge is 2.40. The molecule has 4 aromatic rings. The van der Waals surface area contributed by atoms with E-state index in [1.807, 2.05) is 30.3 Å². The number of nitrogens with zero attached hydrogens (tertiary/aromatic N) is 4. The second-order valence-electron chi connectivity index (χ2n) is 13.8. The Morgan fingerprint density at radius 2 is 1.65 bits per heavy atom. The Kier molecular flexibility index (Phi) is 8.95. The maximum Gasteiger partial charge on any atom is 0.262 e. The third-order valence-corrected chi connectivity index (χ3v) is 10.9. The van der Waals surface area contributed by atoms with Gasteiger partial charge in [0, 0.05) is 67.7 Å². The minimum atomic E-state index is -1.36. The number of pyridine rings is 2. The van der Waals surface area contributed by atoms with E-state index in [0.29, 0.717) is 66.7 Å². The maximum atomic E-state index is 13.5. The molecule has 0 spiro atoms.